The number of likely N-dealkylation sites (tertiary alicyclic amines) is 1. The van der Waals surface area contributed by atoms with Gasteiger partial charge < -0.3 is 9.64 Å². The van der Waals surface area contributed by atoms with Gasteiger partial charge in [-0.05, 0) is 55.0 Å². The lowest BCUT2D eigenvalue weighted by Gasteiger charge is -2.31. The molecule has 4 heterocycles. The maximum absolute atomic E-state index is 12.0. The fraction of sp³-hybridized carbons (Fsp3) is 0.440. The van der Waals surface area contributed by atoms with E-state index < -0.39 is 0 Å². The molecule has 0 radical (unpaired) electrons. The van der Waals surface area contributed by atoms with Crippen molar-refractivity contribution >= 4 is 22.5 Å². The number of rotatable bonds is 6. The number of fused-ring (bicyclic) bond motifs is 2. The first kappa shape index (κ1) is 22.3. The fourth-order valence-electron chi connectivity index (χ4n) is 4.67. The van der Waals surface area contributed by atoms with Crippen LogP contribution in [0.4, 0.5) is 0 Å². The predicted octanol–water partition coefficient (Wildman–Crippen LogP) is 3.07. The fourth-order valence-corrected chi connectivity index (χ4v) is 4.67. The zero-order chi connectivity index (χ0) is 23.8. The van der Waals surface area contributed by atoms with Crippen molar-refractivity contribution in [3.63, 3.8) is 0 Å². The first-order valence-corrected chi connectivity index (χ1v) is 11.8. The zero-order valence-corrected chi connectivity index (χ0v) is 20.2. The summed E-state index contributed by atoms with van der Waals surface area (Å²) >= 11 is 0. The number of nitrogens with one attached hydrogen (secondary N) is 1. The first-order chi connectivity index (χ1) is 16.4. The summed E-state index contributed by atoms with van der Waals surface area (Å²) in [6, 6.07) is 6.49. The van der Waals surface area contributed by atoms with Crippen LogP contribution in [-0.2, 0) is 11.2 Å². The van der Waals surface area contributed by atoms with Crippen molar-refractivity contribution in [1.29, 1.82) is 0 Å². The van der Waals surface area contributed by atoms with E-state index in [2.05, 4.69) is 57.2 Å². The molecule has 5 rings (SSSR count). The number of carbonyl (C=O) groups excluding carboxylic acids is 1. The van der Waals surface area contributed by atoms with E-state index in [-0.39, 0.29) is 12.0 Å². The summed E-state index contributed by atoms with van der Waals surface area (Å²) in [4.78, 5) is 20.2. The molecule has 178 valence electrons. The van der Waals surface area contributed by atoms with Crippen molar-refractivity contribution in [2.75, 3.05) is 33.7 Å². The molecule has 1 aliphatic heterocycles. The number of likely N-dealkylation sites (N-methyl/N-ethyl adjacent to an activating group) is 1. The highest BCUT2D eigenvalue weighted by Gasteiger charge is 2.24. The lowest BCUT2D eigenvalue weighted by atomic mass is 9.99. The molecule has 0 unspecified atom stereocenters. The number of nitrogens with zero attached hydrogens (tertiary/aromatic N) is 6. The molecule has 0 bridgehead atoms. The van der Waals surface area contributed by atoms with Crippen molar-refractivity contribution in [2.45, 2.75) is 39.2 Å². The summed E-state index contributed by atoms with van der Waals surface area (Å²) in [5.41, 5.74) is 6.31. The number of ether oxygens (including phenoxy) is 1. The molecular formula is C25H31N7O2. The Kier molecular flexibility index (Phi) is 5.95. The van der Waals surface area contributed by atoms with Crippen LogP contribution in [0.15, 0.2) is 30.7 Å². The molecule has 3 aromatic heterocycles. The van der Waals surface area contributed by atoms with E-state index in [1.807, 2.05) is 10.7 Å². The largest absolute Gasteiger partial charge is 0.473 e. The maximum Gasteiger partial charge on any atom is 0.241 e. The van der Waals surface area contributed by atoms with Crippen LogP contribution in [0, 0.1) is 6.92 Å². The molecule has 0 spiro atoms. The summed E-state index contributed by atoms with van der Waals surface area (Å²) < 4.78 is 8.20. The molecule has 1 amide bonds. The quantitative estimate of drug-likeness (QED) is 0.475. The normalized spacial score (nSPS) is 15.3. The molecule has 1 aromatic carbocycles. The number of aromatic amines is 1. The van der Waals surface area contributed by atoms with Gasteiger partial charge in [-0.2, -0.15) is 5.10 Å². The second-order valence-corrected chi connectivity index (χ2v) is 9.26. The second-order valence-electron chi connectivity index (χ2n) is 9.26. The van der Waals surface area contributed by atoms with Crippen LogP contribution in [0.1, 0.15) is 30.9 Å². The average molecular weight is 462 g/mol. The Morgan fingerprint density at radius 2 is 2.00 bits per heavy atom. The molecule has 1 aliphatic rings. The molecule has 9 nitrogen and oxygen atoms in total. The highest BCUT2D eigenvalue weighted by atomic mass is 16.5. The average Bonchev–Trinajstić information content (AvgIpc) is 3.47. The van der Waals surface area contributed by atoms with Crippen LogP contribution in [0.2, 0.25) is 0 Å². The predicted molar refractivity (Wildman–Crippen MR) is 131 cm³/mol. The Balaban J connectivity index is 1.36. The molecule has 1 fully saturated rings. The van der Waals surface area contributed by atoms with Crippen LogP contribution in [0.5, 0.6) is 5.88 Å². The van der Waals surface area contributed by atoms with Crippen LogP contribution in [-0.4, -0.2) is 80.3 Å². The van der Waals surface area contributed by atoms with E-state index in [0.29, 0.717) is 12.4 Å². The van der Waals surface area contributed by atoms with E-state index in [1.54, 1.807) is 25.3 Å². The summed E-state index contributed by atoms with van der Waals surface area (Å²) in [7, 11) is 3.59. The molecule has 0 aliphatic carbocycles. The first-order valence-electron chi connectivity index (χ1n) is 11.8. The van der Waals surface area contributed by atoms with Gasteiger partial charge in [0.05, 0.1) is 17.4 Å². The van der Waals surface area contributed by atoms with Gasteiger partial charge in [0, 0.05) is 38.9 Å². The van der Waals surface area contributed by atoms with E-state index in [1.165, 1.54) is 5.56 Å². The van der Waals surface area contributed by atoms with E-state index in [9.17, 15) is 4.79 Å². The topological polar surface area (TPSA) is 91.6 Å². The van der Waals surface area contributed by atoms with Crippen molar-refractivity contribution in [1.82, 2.24) is 34.6 Å². The van der Waals surface area contributed by atoms with Crippen LogP contribution < -0.4 is 4.74 Å². The third-order valence-electron chi connectivity index (χ3n) is 6.66. The lowest BCUT2D eigenvalue weighted by Crippen LogP contribution is -2.43. The Morgan fingerprint density at radius 3 is 2.74 bits per heavy atom. The summed E-state index contributed by atoms with van der Waals surface area (Å²) in [6.45, 7) is 6.37. The molecule has 9 heteroatoms. The Hall–Kier alpha value is -3.46. The van der Waals surface area contributed by atoms with E-state index in [4.69, 9.17) is 4.74 Å². The number of hydrogen-bond donors (Lipinski definition) is 1. The van der Waals surface area contributed by atoms with Gasteiger partial charge in [0.15, 0.2) is 5.65 Å². The van der Waals surface area contributed by atoms with Gasteiger partial charge >= 0.3 is 0 Å². The van der Waals surface area contributed by atoms with Gasteiger partial charge in [-0.3, -0.25) is 14.8 Å². The molecule has 4 aromatic rings. The van der Waals surface area contributed by atoms with Gasteiger partial charge in [0.2, 0.25) is 11.8 Å². The van der Waals surface area contributed by atoms with Gasteiger partial charge in [0.1, 0.15) is 12.4 Å². The standard InChI is InChI=1S/C25H31N7O2/c1-5-17-11-18(19-10-16(2)24-26-15-27-32(24)13-19)12-21-23(17)25(29-28-21)34-20-6-8-31(9-7-20)14-22(33)30(3)4/h10-13,15,20H,5-9,14H2,1-4H3,(H,28,29). The Morgan fingerprint density at radius 1 is 1.21 bits per heavy atom. The summed E-state index contributed by atoms with van der Waals surface area (Å²) in [6.07, 6.45) is 6.32. The Labute approximate surface area is 198 Å². The third kappa shape index (κ3) is 4.23. The van der Waals surface area contributed by atoms with Crippen LogP contribution in [0.25, 0.3) is 27.7 Å². The van der Waals surface area contributed by atoms with Gasteiger partial charge in [-0.15, -0.1) is 5.10 Å². The monoisotopic (exact) mass is 461 g/mol. The maximum atomic E-state index is 12.0. The van der Waals surface area contributed by atoms with Crippen molar-refractivity contribution in [2.24, 2.45) is 0 Å². The number of benzene rings is 1. The number of piperidine rings is 1. The number of amides is 1. The summed E-state index contributed by atoms with van der Waals surface area (Å²) in [5, 5.41) is 13.1. The molecule has 0 saturated carbocycles. The number of hydrogen-bond acceptors (Lipinski definition) is 6. The van der Waals surface area contributed by atoms with Crippen LogP contribution >= 0.6 is 0 Å². The van der Waals surface area contributed by atoms with Gasteiger partial charge in [-0.25, -0.2) is 9.50 Å². The van der Waals surface area contributed by atoms with Crippen LogP contribution in [0.3, 0.4) is 0 Å². The lowest BCUT2D eigenvalue weighted by molar-refractivity contribution is -0.130. The third-order valence-corrected chi connectivity index (χ3v) is 6.66. The smallest absolute Gasteiger partial charge is 0.241 e. The zero-order valence-electron chi connectivity index (χ0n) is 20.2. The minimum atomic E-state index is 0.0963. The van der Waals surface area contributed by atoms with Gasteiger partial charge in [-0.1, -0.05) is 13.0 Å². The van der Waals surface area contributed by atoms with E-state index in [0.717, 1.165) is 65.6 Å². The number of aryl methyl sites for hydroxylation is 2. The summed E-state index contributed by atoms with van der Waals surface area (Å²) in [5.74, 6) is 0.809. The second kappa shape index (κ2) is 9.06. The molecular weight excluding hydrogens is 430 g/mol. The highest BCUT2D eigenvalue weighted by Crippen LogP contribution is 2.34. The molecule has 34 heavy (non-hydrogen) atoms. The Bertz CT molecular complexity index is 1330. The number of H-pyrrole nitrogens is 1. The molecule has 0 atom stereocenters. The molecule has 1 saturated heterocycles. The SMILES string of the molecule is CCc1cc(-c2cc(C)c3ncnn3c2)cc2[nH]nc(OC3CCN(CC(=O)N(C)C)CC3)c12. The van der Waals surface area contributed by atoms with Crippen molar-refractivity contribution in [3.8, 4) is 17.0 Å². The number of aromatic nitrogens is 5. The van der Waals surface area contributed by atoms with Crippen molar-refractivity contribution in [3.05, 3.63) is 41.9 Å². The minimum absolute atomic E-state index is 0.0963. The van der Waals surface area contributed by atoms with E-state index >= 15 is 0 Å². The van der Waals surface area contributed by atoms with Gasteiger partial charge in [0.25, 0.3) is 0 Å². The number of pyridine rings is 1. The number of carbonyl (C=O) groups is 1. The minimum Gasteiger partial charge on any atom is -0.473 e. The van der Waals surface area contributed by atoms with Crippen molar-refractivity contribution < 1.29 is 9.53 Å². The molecule has 1 N–H and O–H groups in total. The highest BCUT2D eigenvalue weighted by molar-refractivity contribution is 5.91.